The topological polar surface area (TPSA) is 70.6 Å². The first kappa shape index (κ1) is 22.2. The first-order valence-electron chi connectivity index (χ1n) is 12.1. The van der Waals surface area contributed by atoms with E-state index in [0.717, 1.165) is 60.5 Å². The number of carbonyl (C=O) groups is 1. The summed E-state index contributed by atoms with van der Waals surface area (Å²) in [6, 6.07) is 17.3. The lowest BCUT2D eigenvalue weighted by Gasteiger charge is -2.33. The number of aryl methyl sites for hydroxylation is 1. The summed E-state index contributed by atoms with van der Waals surface area (Å²) in [6.45, 7) is 7.27. The van der Waals surface area contributed by atoms with E-state index in [2.05, 4.69) is 24.1 Å². The van der Waals surface area contributed by atoms with E-state index in [0.29, 0.717) is 25.4 Å². The number of carbonyl (C=O) groups excluding carboxylic acids is 1. The molecule has 0 radical (unpaired) electrons. The number of anilines is 2. The Kier molecular flexibility index (Phi) is 6.34. The lowest BCUT2D eigenvalue weighted by Crippen LogP contribution is -2.40. The lowest BCUT2D eigenvalue weighted by molar-refractivity contribution is 0.205. The number of amides is 2. The van der Waals surface area contributed by atoms with Gasteiger partial charge in [-0.15, -0.1) is 0 Å². The molecule has 1 saturated heterocycles. The van der Waals surface area contributed by atoms with Crippen LogP contribution in [0.3, 0.4) is 0 Å². The van der Waals surface area contributed by atoms with Crippen molar-refractivity contribution in [1.82, 2.24) is 14.9 Å². The highest BCUT2D eigenvalue weighted by Crippen LogP contribution is 2.32. The average molecular weight is 458 g/mol. The van der Waals surface area contributed by atoms with Crippen LogP contribution in [0.15, 0.2) is 54.6 Å². The molecule has 2 aliphatic rings. The van der Waals surface area contributed by atoms with Gasteiger partial charge in [0.25, 0.3) is 0 Å². The van der Waals surface area contributed by atoms with Crippen molar-refractivity contribution in [2.24, 2.45) is 5.92 Å². The zero-order chi connectivity index (χ0) is 23.5. The van der Waals surface area contributed by atoms with Crippen molar-refractivity contribution in [2.75, 3.05) is 29.9 Å². The number of fused-ring (bicyclic) bond motifs is 1. The number of rotatable bonds is 4. The van der Waals surface area contributed by atoms with Gasteiger partial charge in [0.2, 0.25) is 11.8 Å². The average Bonchev–Trinajstić information content (AvgIpc) is 2.86. The monoisotopic (exact) mass is 457 g/mol. The highest BCUT2D eigenvalue weighted by Gasteiger charge is 2.28. The van der Waals surface area contributed by atoms with Gasteiger partial charge in [-0.25, -0.2) is 9.78 Å². The normalized spacial score (nSPS) is 16.2. The predicted molar refractivity (Wildman–Crippen MR) is 133 cm³/mol. The van der Waals surface area contributed by atoms with Crippen LogP contribution < -0.4 is 15.0 Å². The molecule has 0 bridgehead atoms. The van der Waals surface area contributed by atoms with Gasteiger partial charge < -0.3 is 19.9 Å². The van der Waals surface area contributed by atoms with E-state index in [9.17, 15) is 4.79 Å². The van der Waals surface area contributed by atoms with Crippen molar-refractivity contribution < 1.29 is 9.53 Å². The molecule has 34 heavy (non-hydrogen) atoms. The van der Waals surface area contributed by atoms with E-state index in [4.69, 9.17) is 14.7 Å². The predicted octanol–water partition coefficient (Wildman–Crippen LogP) is 5.40. The fourth-order valence-electron chi connectivity index (χ4n) is 4.42. The van der Waals surface area contributed by atoms with Crippen molar-refractivity contribution in [1.29, 1.82) is 0 Å². The minimum absolute atomic E-state index is 0.132. The van der Waals surface area contributed by atoms with Gasteiger partial charge in [0.05, 0.1) is 17.8 Å². The number of ether oxygens (including phenoxy) is 1. The van der Waals surface area contributed by atoms with Crippen molar-refractivity contribution >= 4 is 17.7 Å². The van der Waals surface area contributed by atoms with Crippen LogP contribution >= 0.6 is 0 Å². The van der Waals surface area contributed by atoms with Gasteiger partial charge in [0, 0.05) is 31.7 Å². The van der Waals surface area contributed by atoms with Crippen molar-refractivity contribution in [3.8, 4) is 11.6 Å². The van der Waals surface area contributed by atoms with Crippen LogP contribution in [0.4, 0.5) is 16.4 Å². The summed E-state index contributed by atoms with van der Waals surface area (Å²) in [5.74, 6) is 2.74. The lowest BCUT2D eigenvalue weighted by atomic mass is 9.99. The van der Waals surface area contributed by atoms with Gasteiger partial charge in [-0.1, -0.05) is 42.8 Å². The molecule has 1 N–H and O–H groups in total. The Morgan fingerprint density at radius 3 is 2.47 bits per heavy atom. The van der Waals surface area contributed by atoms with Gasteiger partial charge >= 0.3 is 6.03 Å². The van der Waals surface area contributed by atoms with Gasteiger partial charge in [0.15, 0.2) is 0 Å². The number of aromatic nitrogens is 2. The SMILES string of the molecule is Cc1ccc(Oc2nc(N3CCC(C)CC3)nc3c2CN(C(=O)Nc2ccccc2)CC3)cc1. The Balaban J connectivity index is 1.42. The van der Waals surface area contributed by atoms with Crippen molar-refractivity contribution in [3.63, 3.8) is 0 Å². The van der Waals surface area contributed by atoms with Gasteiger partial charge in [0.1, 0.15) is 5.75 Å². The molecule has 3 aromatic rings. The molecule has 0 atom stereocenters. The summed E-state index contributed by atoms with van der Waals surface area (Å²) in [6.07, 6.45) is 2.95. The zero-order valence-corrected chi connectivity index (χ0v) is 19.8. The molecule has 2 amide bonds. The van der Waals surface area contributed by atoms with Crippen LogP contribution in [0.2, 0.25) is 0 Å². The maximum atomic E-state index is 13.0. The van der Waals surface area contributed by atoms with Crippen LogP contribution in [-0.4, -0.2) is 40.5 Å². The van der Waals surface area contributed by atoms with E-state index in [1.165, 1.54) is 5.56 Å². The minimum Gasteiger partial charge on any atom is -0.438 e. The second kappa shape index (κ2) is 9.71. The number of urea groups is 1. The molecule has 2 aromatic carbocycles. The Labute approximate surface area is 200 Å². The highest BCUT2D eigenvalue weighted by atomic mass is 16.5. The maximum Gasteiger partial charge on any atom is 0.322 e. The number of piperidine rings is 1. The largest absolute Gasteiger partial charge is 0.438 e. The van der Waals surface area contributed by atoms with Gasteiger partial charge in [-0.3, -0.25) is 0 Å². The van der Waals surface area contributed by atoms with Crippen LogP contribution in [-0.2, 0) is 13.0 Å². The number of nitrogens with zero attached hydrogens (tertiary/aromatic N) is 4. The Morgan fingerprint density at radius 2 is 1.74 bits per heavy atom. The number of hydrogen-bond acceptors (Lipinski definition) is 5. The summed E-state index contributed by atoms with van der Waals surface area (Å²) in [5.41, 5.74) is 3.79. The van der Waals surface area contributed by atoms with Crippen LogP contribution in [0, 0.1) is 12.8 Å². The fourth-order valence-corrected chi connectivity index (χ4v) is 4.42. The molecule has 7 heteroatoms. The highest BCUT2D eigenvalue weighted by molar-refractivity contribution is 5.89. The third-order valence-corrected chi connectivity index (χ3v) is 6.62. The second-order valence-corrected chi connectivity index (χ2v) is 9.31. The molecule has 7 nitrogen and oxygen atoms in total. The first-order valence-corrected chi connectivity index (χ1v) is 12.1. The summed E-state index contributed by atoms with van der Waals surface area (Å²) >= 11 is 0. The molecular weight excluding hydrogens is 426 g/mol. The van der Waals surface area contributed by atoms with Crippen LogP contribution in [0.1, 0.15) is 36.6 Å². The minimum atomic E-state index is -0.132. The summed E-state index contributed by atoms with van der Waals surface area (Å²) in [4.78, 5) is 26.8. The molecule has 2 aliphatic heterocycles. The van der Waals surface area contributed by atoms with Crippen molar-refractivity contribution in [2.45, 2.75) is 39.7 Å². The summed E-state index contributed by atoms with van der Waals surface area (Å²) in [5, 5.41) is 2.98. The number of hydrogen-bond donors (Lipinski definition) is 1. The van der Waals surface area contributed by atoms with E-state index in [-0.39, 0.29) is 6.03 Å². The molecule has 176 valence electrons. The van der Waals surface area contributed by atoms with Crippen molar-refractivity contribution in [3.05, 3.63) is 71.4 Å². The molecular formula is C27H31N5O2. The maximum absolute atomic E-state index is 13.0. The van der Waals surface area contributed by atoms with Gasteiger partial charge in [-0.05, 0) is 49.9 Å². The van der Waals surface area contributed by atoms with Crippen LogP contribution in [0.5, 0.6) is 11.6 Å². The van der Waals surface area contributed by atoms with E-state index < -0.39 is 0 Å². The third-order valence-electron chi connectivity index (χ3n) is 6.62. The fraction of sp³-hybridized carbons (Fsp3) is 0.370. The molecule has 1 aromatic heterocycles. The number of para-hydroxylation sites is 1. The second-order valence-electron chi connectivity index (χ2n) is 9.31. The quantitative estimate of drug-likeness (QED) is 0.568. The summed E-state index contributed by atoms with van der Waals surface area (Å²) in [7, 11) is 0. The molecule has 3 heterocycles. The molecule has 5 rings (SSSR count). The number of nitrogens with one attached hydrogen (secondary N) is 1. The Bertz CT molecular complexity index is 1140. The molecule has 0 saturated carbocycles. The first-order chi connectivity index (χ1) is 16.5. The van der Waals surface area contributed by atoms with Gasteiger partial charge in [-0.2, -0.15) is 4.98 Å². The van der Waals surface area contributed by atoms with Crippen LogP contribution in [0.25, 0.3) is 0 Å². The molecule has 0 unspecified atom stereocenters. The Morgan fingerprint density at radius 1 is 1.00 bits per heavy atom. The third kappa shape index (κ3) is 4.98. The molecule has 1 fully saturated rings. The molecule has 0 spiro atoms. The standard InChI is InChI=1S/C27H31N5O2/c1-19-8-10-22(11-9-19)34-25-23-18-32(27(33)28-21-6-4-3-5-7-21)17-14-24(23)29-26(30-25)31-15-12-20(2)13-16-31/h3-11,20H,12-18H2,1-2H3,(H,28,33). The summed E-state index contributed by atoms with van der Waals surface area (Å²) < 4.78 is 6.29. The van der Waals surface area contributed by atoms with E-state index in [1.807, 2.05) is 54.6 Å². The Hall–Kier alpha value is -3.61. The van der Waals surface area contributed by atoms with E-state index in [1.54, 1.807) is 4.90 Å². The smallest absolute Gasteiger partial charge is 0.322 e. The van der Waals surface area contributed by atoms with E-state index >= 15 is 0 Å². The number of benzene rings is 2. The molecule has 0 aliphatic carbocycles. The zero-order valence-electron chi connectivity index (χ0n) is 19.8.